The molecule has 1 aromatic heterocycles. The number of amides is 2. The lowest BCUT2D eigenvalue weighted by molar-refractivity contribution is -0.122. The van der Waals surface area contributed by atoms with Gasteiger partial charge in [-0.25, -0.2) is 13.8 Å². The minimum atomic E-state index is -0.848. The minimum absolute atomic E-state index is 0.00112. The number of nitrogens with zero attached hydrogens (tertiary/aromatic N) is 2. The van der Waals surface area contributed by atoms with Gasteiger partial charge in [-0.1, -0.05) is 0 Å². The molecule has 10 heteroatoms. The highest BCUT2D eigenvalue weighted by Gasteiger charge is 2.36. The lowest BCUT2D eigenvalue weighted by Gasteiger charge is -2.17. The van der Waals surface area contributed by atoms with Gasteiger partial charge in [-0.15, -0.1) is 11.3 Å². The maximum absolute atomic E-state index is 14.1. The summed E-state index contributed by atoms with van der Waals surface area (Å²) >= 11 is 1.24. The molecular weight excluding hydrogens is 440 g/mol. The summed E-state index contributed by atoms with van der Waals surface area (Å²) < 4.78 is 37.8. The molecule has 2 heterocycles. The Hall–Kier alpha value is -3.53. The number of ether oxygens (including phenoxy) is 2. The zero-order valence-corrected chi connectivity index (χ0v) is 18.0. The summed E-state index contributed by atoms with van der Waals surface area (Å²) in [4.78, 5) is 30.6. The van der Waals surface area contributed by atoms with Crippen LogP contribution in [0.25, 0.3) is 11.3 Å². The van der Waals surface area contributed by atoms with E-state index < -0.39 is 29.4 Å². The van der Waals surface area contributed by atoms with E-state index in [4.69, 9.17) is 9.47 Å². The molecule has 0 saturated carbocycles. The van der Waals surface area contributed by atoms with E-state index in [1.165, 1.54) is 17.4 Å². The van der Waals surface area contributed by atoms with Crippen molar-refractivity contribution >= 4 is 34.0 Å². The summed E-state index contributed by atoms with van der Waals surface area (Å²) in [6.45, 7) is 0.00112. The molecule has 1 unspecified atom stereocenters. The highest BCUT2D eigenvalue weighted by molar-refractivity contribution is 7.14. The van der Waals surface area contributed by atoms with Gasteiger partial charge in [0.2, 0.25) is 11.8 Å². The quantitative estimate of drug-likeness (QED) is 0.601. The molecule has 2 amide bonds. The second-order valence-electron chi connectivity index (χ2n) is 7.10. The predicted molar refractivity (Wildman–Crippen MR) is 116 cm³/mol. The van der Waals surface area contributed by atoms with Crippen LogP contribution >= 0.6 is 11.3 Å². The van der Waals surface area contributed by atoms with Gasteiger partial charge in [-0.2, -0.15) is 0 Å². The molecule has 0 radical (unpaired) electrons. The lowest BCUT2D eigenvalue weighted by atomic mass is 10.1. The van der Waals surface area contributed by atoms with Crippen LogP contribution in [0.15, 0.2) is 41.8 Å². The molecule has 1 saturated heterocycles. The van der Waals surface area contributed by atoms with Gasteiger partial charge in [0.15, 0.2) is 16.6 Å². The molecule has 0 bridgehead atoms. The van der Waals surface area contributed by atoms with Crippen LogP contribution in [0.4, 0.5) is 19.6 Å². The Morgan fingerprint density at radius 1 is 1.16 bits per heavy atom. The van der Waals surface area contributed by atoms with Crippen molar-refractivity contribution in [2.45, 2.75) is 6.42 Å². The number of hydrogen-bond donors (Lipinski definition) is 1. The van der Waals surface area contributed by atoms with Crippen molar-refractivity contribution in [3.05, 3.63) is 53.4 Å². The first-order valence-corrected chi connectivity index (χ1v) is 10.5. The second-order valence-corrected chi connectivity index (χ2v) is 7.96. The molecule has 4 rings (SSSR count). The fourth-order valence-corrected chi connectivity index (χ4v) is 4.21. The van der Waals surface area contributed by atoms with Gasteiger partial charge >= 0.3 is 0 Å². The Morgan fingerprint density at radius 2 is 1.94 bits per heavy atom. The molecule has 7 nitrogen and oxygen atoms in total. The first-order valence-electron chi connectivity index (χ1n) is 9.63. The Bertz CT molecular complexity index is 1180. The summed E-state index contributed by atoms with van der Waals surface area (Å²) in [6, 6.07) is 8.35. The summed E-state index contributed by atoms with van der Waals surface area (Å²) in [6.07, 6.45) is -0.0729. The standard InChI is InChI=1S/C22H19F2N3O4S/c1-30-18-6-3-12(7-19(18)31-2)16-11-32-22(25-16)26-21(29)13-8-20(28)27(10-13)17-5-4-14(23)9-15(17)24/h3-7,9,11,13H,8,10H2,1-2H3,(H,25,26,29). The highest BCUT2D eigenvalue weighted by atomic mass is 32.1. The predicted octanol–water partition coefficient (Wildman–Crippen LogP) is 4.10. The van der Waals surface area contributed by atoms with E-state index in [0.717, 1.165) is 16.5 Å². The first kappa shape index (κ1) is 21.7. The average Bonchev–Trinajstić information content (AvgIpc) is 3.40. The van der Waals surface area contributed by atoms with E-state index in [-0.39, 0.29) is 18.7 Å². The zero-order valence-electron chi connectivity index (χ0n) is 17.2. The molecule has 32 heavy (non-hydrogen) atoms. The average molecular weight is 459 g/mol. The van der Waals surface area contributed by atoms with Crippen LogP contribution in [-0.4, -0.2) is 37.6 Å². The Kier molecular flexibility index (Phi) is 6.04. The Labute approximate surface area is 186 Å². The van der Waals surface area contributed by atoms with E-state index in [1.807, 2.05) is 6.07 Å². The molecule has 1 N–H and O–H groups in total. The molecule has 3 aromatic rings. The lowest BCUT2D eigenvalue weighted by Crippen LogP contribution is -2.28. The number of hydrogen-bond acceptors (Lipinski definition) is 6. The van der Waals surface area contributed by atoms with E-state index >= 15 is 0 Å². The Balaban J connectivity index is 1.45. The first-order chi connectivity index (χ1) is 15.4. The van der Waals surface area contributed by atoms with Crippen molar-refractivity contribution in [1.29, 1.82) is 0 Å². The molecule has 1 atom stereocenters. The molecule has 1 aliphatic heterocycles. The molecule has 0 spiro atoms. The number of aromatic nitrogens is 1. The molecular formula is C22H19F2N3O4S. The number of halogens is 2. The minimum Gasteiger partial charge on any atom is -0.493 e. The number of benzene rings is 2. The number of nitrogens with one attached hydrogen (secondary N) is 1. The zero-order chi connectivity index (χ0) is 22.8. The normalized spacial score (nSPS) is 15.7. The summed E-state index contributed by atoms with van der Waals surface area (Å²) in [7, 11) is 3.09. The number of methoxy groups -OCH3 is 2. The van der Waals surface area contributed by atoms with Gasteiger partial charge in [0.1, 0.15) is 11.6 Å². The number of carbonyl (C=O) groups is 2. The summed E-state index contributed by atoms with van der Waals surface area (Å²) in [5.41, 5.74) is 1.38. The summed E-state index contributed by atoms with van der Waals surface area (Å²) in [5.74, 6) is -1.91. The van der Waals surface area contributed by atoms with Crippen molar-refractivity contribution in [1.82, 2.24) is 4.98 Å². The monoisotopic (exact) mass is 459 g/mol. The maximum atomic E-state index is 14.1. The molecule has 166 valence electrons. The Morgan fingerprint density at radius 3 is 2.66 bits per heavy atom. The van der Waals surface area contributed by atoms with Crippen LogP contribution in [0.3, 0.4) is 0 Å². The van der Waals surface area contributed by atoms with Gasteiger partial charge in [0, 0.05) is 30.0 Å². The maximum Gasteiger partial charge on any atom is 0.231 e. The molecule has 1 fully saturated rings. The number of thiazole rings is 1. The largest absolute Gasteiger partial charge is 0.493 e. The molecule has 2 aromatic carbocycles. The van der Waals surface area contributed by atoms with E-state index in [2.05, 4.69) is 10.3 Å². The van der Waals surface area contributed by atoms with Gasteiger partial charge in [0.25, 0.3) is 0 Å². The van der Waals surface area contributed by atoms with E-state index in [0.29, 0.717) is 28.4 Å². The fraction of sp³-hybridized carbons (Fsp3) is 0.227. The SMILES string of the molecule is COc1ccc(-c2csc(NC(=O)C3CC(=O)N(c4ccc(F)cc4F)C3)n2)cc1OC. The van der Waals surface area contributed by atoms with Gasteiger partial charge in [0.05, 0.1) is 31.5 Å². The number of carbonyl (C=O) groups excluding carboxylic acids is 2. The topological polar surface area (TPSA) is 80.8 Å². The van der Waals surface area contributed by atoms with Crippen molar-refractivity contribution in [2.75, 3.05) is 31.0 Å². The van der Waals surface area contributed by atoms with Crippen molar-refractivity contribution < 1.29 is 27.8 Å². The van der Waals surface area contributed by atoms with Crippen molar-refractivity contribution in [3.8, 4) is 22.8 Å². The molecule has 1 aliphatic rings. The van der Waals surface area contributed by atoms with Crippen LogP contribution in [0.2, 0.25) is 0 Å². The fourth-order valence-electron chi connectivity index (χ4n) is 3.48. The van der Waals surface area contributed by atoms with Crippen LogP contribution in [0, 0.1) is 17.6 Å². The third-order valence-corrected chi connectivity index (χ3v) is 5.87. The van der Waals surface area contributed by atoms with Crippen LogP contribution in [0.5, 0.6) is 11.5 Å². The van der Waals surface area contributed by atoms with Crippen molar-refractivity contribution in [3.63, 3.8) is 0 Å². The van der Waals surface area contributed by atoms with Gasteiger partial charge in [-0.3, -0.25) is 9.59 Å². The van der Waals surface area contributed by atoms with Crippen LogP contribution in [0.1, 0.15) is 6.42 Å². The third-order valence-electron chi connectivity index (χ3n) is 5.11. The van der Waals surface area contributed by atoms with Crippen LogP contribution < -0.4 is 19.7 Å². The molecule has 0 aliphatic carbocycles. The smallest absolute Gasteiger partial charge is 0.231 e. The number of anilines is 2. The summed E-state index contributed by atoms with van der Waals surface area (Å²) in [5, 5.41) is 4.88. The van der Waals surface area contributed by atoms with Crippen molar-refractivity contribution in [2.24, 2.45) is 5.92 Å². The van der Waals surface area contributed by atoms with Gasteiger partial charge in [-0.05, 0) is 30.3 Å². The van der Waals surface area contributed by atoms with E-state index in [1.54, 1.807) is 31.7 Å². The van der Waals surface area contributed by atoms with Crippen LogP contribution in [-0.2, 0) is 9.59 Å². The second kappa shape index (κ2) is 8.91. The third kappa shape index (κ3) is 4.26. The highest BCUT2D eigenvalue weighted by Crippen LogP contribution is 2.34. The number of rotatable bonds is 6. The van der Waals surface area contributed by atoms with Gasteiger partial charge < -0.3 is 19.7 Å². The van der Waals surface area contributed by atoms with E-state index in [9.17, 15) is 18.4 Å².